The van der Waals surface area contributed by atoms with Crippen LogP contribution in [0.1, 0.15) is 10.8 Å². The third-order valence-corrected chi connectivity index (χ3v) is 7.37. The van der Waals surface area contributed by atoms with Gasteiger partial charge in [-0.2, -0.15) is 0 Å². The minimum atomic E-state index is -3.67. The van der Waals surface area contributed by atoms with Crippen LogP contribution >= 0.6 is 11.8 Å². The lowest BCUT2D eigenvalue weighted by Gasteiger charge is -2.17. The van der Waals surface area contributed by atoms with Crippen LogP contribution in [0.4, 0.5) is 11.4 Å². The third-order valence-electron chi connectivity index (χ3n) is 4.70. The van der Waals surface area contributed by atoms with Gasteiger partial charge in [-0.25, -0.2) is 8.42 Å². The molecule has 1 unspecified atom stereocenters. The maximum absolute atomic E-state index is 13.1. The number of sulfonamides is 1. The number of rotatable bonds is 8. The average molecular weight is 476 g/mol. The summed E-state index contributed by atoms with van der Waals surface area (Å²) in [5, 5.41) is 2.44. The number of amides is 1. The predicted octanol–water partition coefficient (Wildman–Crippen LogP) is 5.35. The van der Waals surface area contributed by atoms with Gasteiger partial charge in [-0.1, -0.05) is 48.5 Å². The van der Waals surface area contributed by atoms with Gasteiger partial charge in [0.2, 0.25) is 5.91 Å². The number of hydrogen-bond acceptors (Lipinski definition) is 5. The molecule has 0 aliphatic carbocycles. The molecule has 166 valence electrons. The average Bonchev–Trinajstić information content (AvgIpc) is 2.85. The topological polar surface area (TPSA) is 88.2 Å². The second-order valence-corrected chi connectivity index (χ2v) is 9.94. The summed E-state index contributed by atoms with van der Waals surface area (Å²) in [6.07, 6.45) is 3.24. The Morgan fingerprint density at radius 1 is 0.758 bits per heavy atom. The van der Waals surface area contributed by atoms with Gasteiger partial charge in [-0.05, 0) is 54.1 Å². The first-order valence-corrected chi connectivity index (χ1v) is 12.5. The number of nitrogens with zero attached hydrogens (tertiary/aromatic N) is 1. The largest absolute Gasteiger partial charge is 0.325 e. The van der Waals surface area contributed by atoms with Crippen molar-refractivity contribution in [1.82, 2.24) is 4.98 Å². The van der Waals surface area contributed by atoms with Crippen LogP contribution in [0.2, 0.25) is 0 Å². The van der Waals surface area contributed by atoms with E-state index in [1.165, 1.54) is 11.8 Å². The van der Waals surface area contributed by atoms with Crippen LogP contribution in [-0.4, -0.2) is 19.3 Å². The van der Waals surface area contributed by atoms with Gasteiger partial charge in [-0.3, -0.25) is 14.5 Å². The van der Waals surface area contributed by atoms with Crippen LogP contribution in [0.5, 0.6) is 0 Å². The van der Waals surface area contributed by atoms with E-state index in [0.29, 0.717) is 11.4 Å². The number of thioether (sulfide) groups is 1. The highest BCUT2D eigenvalue weighted by Gasteiger charge is 2.22. The molecule has 8 heteroatoms. The van der Waals surface area contributed by atoms with E-state index in [1.807, 2.05) is 30.3 Å². The van der Waals surface area contributed by atoms with E-state index in [2.05, 4.69) is 15.0 Å². The molecule has 0 bridgehead atoms. The molecular weight excluding hydrogens is 454 g/mol. The van der Waals surface area contributed by atoms with E-state index in [0.717, 1.165) is 10.5 Å². The van der Waals surface area contributed by atoms with Crippen molar-refractivity contribution >= 4 is 39.1 Å². The van der Waals surface area contributed by atoms with Crippen molar-refractivity contribution in [2.24, 2.45) is 0 Å². The van der Waals surface area contributed by atoms with Crippen molar-refractivity contribution in [3.05, 3.63) is 115 Å². The number of carbonyl (C=O) groups is 1. The van der Waals surface area contributed by atoms with Crippen LogP contribution < -0.4 is 10.0 Å². The molecule has 1 aromatic heterocycles. The fourth-order valence-electron chi connectivity index (χ4n) is 3.10. The summed E-state index contributed by atoms with van der Waals surface area (Å²) in [6, 6.07) is 28.1. The lowest BCUT2D eigenvalue weighted by atomic mass is 10.1. The van der Waals surface area contributed by atoms with Gasteiger partial charge >= 0.3 is 0 Å². The zero-order chi connectivity index (χ0) is 23.1. The Morgan fingerprint density at radius 3 is 2.00 bits per heavy atom. The van der Waals surface area contributed by atoms with Crippen molar-refractivity contribution in [1.29, 1.82) is 0 Å². The third kappa shape index (κ3) is 6.00. The van der Waals surface area contributed by atoms with E-state index >= 15 is 0 Å². The molecule has 1 amide bonds. The van der Waals surface area contributed by atoms with Crippen LogP contribution in [0.3, 0.4) is 0 Å². The molecule has 0 radical (unpaired) electrons. The Kier molecular flexibility index (Phi) is 7.07. The predicted molar refractivity (Wildman–Crippen MR) is 132 cm³/mol. The van der Waals surface area contributed by atoms with Gasteiger partial charge in [0.25, 0.3) is 10.0 Å². The molecule has 6 nitrogen and oxygen atoms in total. The van der Waals surface area contributed by atoms with Crippen molar-refractivity contribution < 1.29 is 13.2 Å². The standard InChI is InChI=1S/C25H21N3O3S2/c29-25(27-20-15-17-26-18-16-20)24(19-7-3-1-4-8-19)32-22-13-11-21(12-14-22)28-33(30,31)23-9-5-2-6-10-23/h1-18,24,28H,(H,26,27,29). The van der Waals surface area contributed by atoms with E-state index < -0.39 is 15.3 Å². The zero-order valence-corrected chi connectivity index (χ0v) is 19.1. The summed E-state index contributed by atoms with van der Waals surface area (Å²) >= 11 is 1.39. The normalized spacial score (nSPS) is 12.0. The second-order valence-electron chi connectivity index (χ2n) is 7.08. The summed E-state index contributed by atoms with van der Waals surface area (Å²) in [4.78, 5) is 18.1. The first kappa shape index (κ1) is 22.6. The molecular formula is C25H21N3O3S2. The minimum absolute atomic E-state index is 0.161. The number of benzene rings is 3. The molecule has 0 fully saturated rings. The Morgan fingerprint density at radius 2 is 1.36 bits per heavy atom. The number of pyridine rings is 1. The smallest absolute Gasteiger partial charge is 0.261 e. The molecule has 0 aliphatic heterocycles. The number of aromatic nitrogens is 1. The quantitative estimate of drug-likeness (QED) is 0.335. The van der Waals surface area contributed by atoms with Crippen LogP contribution in [0, 0.1) is 0 Å². The maximum Gasteiger partial charge on any atom is 0.261 e. The molecule has 3 aromatic carbocycles. The van der Waals surface area contributed by atoms with E-state index in [4.69, 9.17) is 0 Å². The summed E-state index contributed by atoms with van der Waals surface area (Å²) < 4.78 is 27.7. The lowest BCUT2D eigenvalue weighted by molar-refractivity contribution is -0.115. The SMILES string of the molecule is O=C(Nc1ccncc1)C(Sc1ccc(NS(=O)(=O)c2ccccc2)cc1)c1ccccc1. The summed E-state index contributed by atoms with van der Waals surface area (Å²) in [6.45, 7) is 0. The van der Waals surface area contributed by atoms with Gasteiger partial charge in [0.05, 0.1) is 4.90 Å². The van der Waals surface area contributed by atoms with E-state index in [1.54, 1.807) is 79.1 Å². The molecule has 0 spiro atoms. The molecule has 2 N–H and O–H groups in total. The highest BCUT2D eigenvalue weighted by atomic mass is 32.2. The zero-order valence-electron chi connectivity index (χ0n) is 17.5. The van der Waals surface area contributed by atoms with Crippen LogP contribution in [0.25, 0.3) is 0 Å². The minimum Gasteiger partial charge on any atom is -0.325 e. The molecule has 4 aromatic rings. The molecule has 33 heavy (non-hydrogen) atoms. The molecule has 0 aliphatic rings. The Hall–Kier alpha value is -3.62. The lowest BCUT2D eigenvalue weighted by Crippen LogP contribution is -2.19. The van der Waals surface area contributed by atoms with Gasteiger partial charge < -0.3 is 5.32 Å². The monoisotopic (exact) mass is 475 g/mol. The molecule has 1 atom stereocenters. The maximum atomic E-state index is 13.1. The molecule has 0 saturated carbocycles. The Balaban J connectivity index is 1.51. The Bertz CT molecular complexity index is 1300. The first-order chi connectivity index (χ1) is 16.0. The van der Waals surface area contributed by atoms with Gasteiger partial charge in [0, 0.05) is 28.7 Å². The van der Waals surface area contributed by atoms with Gasteiger partial charge in [-0.15, -0.1) is 11.8 Å². The van der Waals surface area contributed by atoms with Crippen molar-refractivity contribution in [2.45, 2.75) is 15.0 Å². The highest BCUT2D eigenvalue weighted by Crippen LogP contribution is 2.36. The molecule has 1 heterocycles. The molecule has 4 rings (SSSR count). The fraction of sp³-hybridized carbons (Fsp3) is 0.0400. The fourth-order valence-corrected chi connectivity index (χ4v) is 5.20. The van der Waals surface area contributed by atoms with Crippen LogP contribution in [0.15, 0.2) is 119 Å². The number of carbonyl (C=O) groups excluding carboxylic acids is 1. The van der Waals surface area contributed by atoms with Gasteiger partial charge in [0.1, 0.15) is 5.25 Å². The van der Waals surface area contributed by atoms with Crippen molar-refractivity contribution in [2.75, 3.05) is 10.0 Å². The van der Waals surface area contributed by atoms with E-state index in [-0.39, 0.29) is 10.8 Å². The summed E-state index contributed by atoms with van der Waals surface area (Å²) in [5.41, 5.74) is 1.98. The summed E-state index contributed by atoms with van der Waals surface area (Å²) in [7, 11) is -3.67. The summed E-state index contributed by atoms with van der Waals surface area (Å²) in [5.74, 6) is -0.161. The second kappa shape index (κ2) is 10.3. The van der Waals surface area contributed by atoms with Crippen molar-refractivity contribution in [3.8, 4) is 0 Å². The van der Waals surface area contributed by atoms with Gasteiger partial charge in [0.15, 0.2) is 0 Å². The number of hydrogen-bond donors (Lipinski definition) is 2. The Labute approximate surface area is 197 Å². The number of anilines is 2. The number of nitrogens with one attached hydrogen (secondary N) is 2. The van der Waals surface area contributed by atoms with E-state index in [9.17, 15) is 13.2 Å². The first-order valence-electron chi connectivity index (χ1n) is 10.1. The van der Waals surface area contributed by atoms with Crippen LogP contribution in [-0.2, 0) is 14.8 Å². The van der Waals surface area contributed by atoms with Crippen molar-refractivity contribution in [3.63, 3.8) is 0 Å². The highest BCUT2D eigenvalue weighted by molar-refractivity contribution is 8.00. The molecule has 0 saturated heterocycles.